The maximum atomic E-state index is 2.37. The van der Waals surface area contributed by atoms with Crippen molar-refractivity contribution in [2.45, 2.75) is 33.6 Å². The van der Waals surface area contributed by atoms with E-state index in [2.05, 4.69) is 32.9 Å². The summed E-state index contributed by atoms with van der Waals surface area (Å²) in [5, 5.41) is 0. The average molecular weight is 136 g/mol. The van der Waals surface area contributed by atoms with Gasteiger partial charge in [-0.1, -0.05) is 30.2 Å². The Kier molecular flexibility index (Phi) is 2.31. The predicted molar refractivity (Wildman–Crippen MR) is 45.9 cm³/mol. The zero-order valence-electron chi connectivity index (χ0n) is 7.15. The lowest BCUT2D eigenvalue weighted by Gasteiger charge is -2.01. The minimum Gasteiger partial charge on any atom is -0.0813 e. The van der Waals surface area contributed by atoms with Crippen LogP contribution in [0.25, 0.3) is 0 Å². The smallest absolute Gasteiger partial charge is 0.0253 e. The summed E-state index contributed by atoms with van der Waals surface area (Å²) < 4.78 is 0. The molecule has 1 unspecified atom stereocenters. The largest absolute Gasteiger partial charge is 0.0813 e. The molecule has 0 bridgehead atoms. The van der Waals surface area contributed by atoms with Crippen LogP contribution >= 0.6 is 0 Å². The third-order valence-corrected chi connectivity index (χ3v) is 2.23. The van der Waals surface area contributed by atoms with Gasteiger partial charge in [0.15, 0.2) is 0 Å². The Labute approximate surface area is 63.6 Å². The van der Waals surface area contributed by atoms with Gasteiger partial charge in [0.2, 0.25) is 0 Å². The van der Waals surface area contributed by atoms with Gasteiger partial charge < -0.3 is 0 Å². The Morgan fingerprint density at radius 3 is 2.70 bits per heavy atom. The monoisotopic (exact) mass is 136 g/mol. The predicted octanol–water partition coefficient (Wildman–Crippen LogP) is 3.31. The maximum absolute atomic E-state index is 2.37. The lowest BCUT2D eigenvalue weighted by molar-refractivity contribution is 0.660. The molecule has 0 heterocycles. The van der Waals surface area contributed by atoms with Gasteiger partial charge in [0.1, 0.15) is 0 Å². The van der Waals surface area contributed by atoms with Crippen molar-refractivity contribution in [1.82, 2.24) is 0 Å². The zero-order chi connectivity index (χ0) is 7.56. The summed E-state index contributed by atoms with van der Waals surface area (Å²) in [5.41, 5.74) is 2.93. The summed E-state index contributed by atoms with van der Waals surface area (Å²) in [7, 11) is 0. The fourth-order valence-corrected chi connectivity index (χ4v) is 1.37. The van der Waals surface area contributed by atoms with Crippen molar-refractivity contribution < 1.29 is 0 Å². The second kappa shape index (κ2) is 3.05. The van der Waals surface area contributed by atoms with Crippen LogP contribution < -0.4 is 0 Å². The minimum absolute atomic E-state index is 0.772. The summed E-state index contributed by atoms with van der Waals surface area (Å²) in [5.74, 6) is 0.772. The second-order valence-corrected chi connectivity index (χ2v) is 3.29. The van der Waals surface area contributed by atoms with Crippen molar-refractivity contribution in [3.05, 3.63) is 23.3 Å². The molecule has 0 heteroatoms. The van der Waals surface area contributed by atoms with Gasteiger partial charge in [-0.15, -0.1) is 0 Å². The molecule has 10 heavy (non-hydrogen) atoms. The quantitative estimate of drug-likeness (QED) is 0.479. The van der Waals surface area contributed by atoms with Gasteiger partial charge in [-0.25, -0.2) is 0 Å². The molecule has 0 aromatic carbocycles. The highest BCUT2D eigenvalue weighted by Crippen LogP contribution is 2.20. The molecular formula is C10H16. The third kappa shape index (κ3) is 1.73. The van der Waals surface area contributed by atoms with E-state index >= 15 is 0 Å². The lowest BCUT2D eigenvalue weighted by atomic mass is 10.0. The lowest BCUT2D eigenvalue weighted by Crippen LogP contribution is -1.86. The van der Waals surface area contributed by atoms with Gasteiger partial charge in [0.25, 0.3) is 0 Å². The molecule has 0 N–H and O–H groups in total. The van der Waals surface area contributed by atoms with Crippen LogP contribution in [0.1, 0.15) is 33.6 Å². The Hall–Kier alpha value is -0.520. The van der Waals surface area contributed by atoms with Crippen LogP contribution in [0.5, 0.6) is 0 Å². The number of hydrogen-bond acceptors (Lipinski definition) is 0. The standard InChI is InChI=1S/C10H16/c1-8-5-4-6-9(2)10(3)7-8/h6-8H,4-5H2,1-3H3. The molecule has 0 fully saturated rings. The molecule has 0 aromatic rings. The van der Waals surface area contributed by atoms with E-state index in [1.54, 1.807) is 0 Å². The molecule has 1 aliphatic carbocycles. The first-order chi connectivity index (χ1) is 4.70. The van der Waals surface area contributed by atoms with Crippen molar-refractivity contribution in [2.75, 3.05) is 0 Å². The van der Waals surface area contributed by atoms with E-state index in [0.29, 0.717) is 0 Å². The molecule has 0 amide bonds. The van der Waals surface area contributed by atoms with Gasteiger partial charge in [-0.05, 0) is 32.6 Å². The average Bonchev–Trinajstić information content (AvgIpc) is 1.96. The summed E-state index contributed by atoms with van der Waals surface area (Å²) in [4.78, 5) is 0. The molecule has 1 atom stereocenters. The molecule has 0 saturated carbocycles. The Balaban J connectivity index is 2.77. The van der Waals surface area contributed by atoms with Gasteiger partial charge in [-0.3, -0.25) is 0 Å². The van der Waals surface area contributed by atoms with Crippen molar-refractivity contribution in [3.8, 4) is 0 Å². The van der Waals surface area contributed by atoms with E-state index in [9.17, 15) is 0 Å². The molecule has 1 rings (SSSR count). The Morgan fingerprint density at radius 2 is 2.00 bits per heavy atom. The van der Waals surface area contributed by atoms with Gasteiger partial charge in [0, 0.05) is 0 Å². The molecule has 0 aromatic heterocycles. The van der Waals surface area contributed by atoms with E-state index in [4.69, 9.17) is 0 Å². The number of allylic oxidation sites excluding steroid dienone is 4. The first kappa shape index (κ1) is 7.59. The molecule has 0 nitrogen and oxygen atoms in total. The third-order valence-electron chi connectivity index (χ3n) is 2.23. The van der Waals surface area contributed by atoms with Crippen LogP contribution in [0.4, 0.5) is 0 Å². The number of rotatable bonds is 0. The fourth-order valence-electron chi connectivity index (χ4n) is 1.37. The van der Waals surface area contributed by atoms with Gasteiger partial charge in [-0.2, -0.15) is 0 Å². The maximum Gasteiger partial charge on any atom is -0.0253 e. The van der Waals surface area contributed by atoms with Crippen LogP contribution in [-0.2, 0) is 0 Å². The first-order valence-electron chi connectivity index (χ1n) is 4.05. The van der Waals surface area contributed by atoms with Crippen molar-refractivity contribution in [2.24, 2.45) is 5.92 Å². The van der Waals surface area contributed by atoms with Crippen LogP contribution in [0, 0.1) is 5.92 Å². The Morgan fingerprint density at radius 1 is 1.30 bits per heavy atom. The van der Waals surface area contributed by atoms with E-state index in [1.165, 1.54) is 24.0 Å². The van der Waals surface area contributed by atoms with Crippen LogP contribution in [-0.4, -0.2) is 0 Å². The molecule has 0 aliphatic heterocycles. The van der Waals surface area contributed by atoms with E-state index in [-0.39, 0.29) is 0 Å². The normalized spacial score (nSPS) is 26.9. The van der Waals surface area contributed by atoms with Gasteiger partial charge in [0.05, 0.1) is 0 Å². The van der Waals surface area contributed by atoms with Gasteiger partial charge >= 0.3 is 0 Å². The van der Waals surface area contributed by atoms with E-state index in [0.717, 1.165) is 5.92 Å². The first-order valence-corrected chi connectivity index (χ1v) is 4.05. The molecule has 1 aliphatic rings. The summed E-state index contributed by atoms with van der Waals surface area (Å²) in [6.45, 7) is 6.69. The van der Waals surface area contributed by atoms with E-state index < -0.39 is 0 Å². The van der Waals surface area contributed by atoms with Crippen molar-refractivity contribution in [3.63, 3.8) is 0 Å². The van der Waals surface area contributed by atoms with Crippen molar-refractivity contribution in [1.29, 1.82) is 0 Å². The van der Waals surface area contributed by atoms with Crippen LogP contribution in [0.3, 0.4) is 0 Å². The van der Waals surface area contributed by atoms with Crippen LogP contribution in [0.15, 0.2) is 23.3 Å². The Bertz CT molecular complexity index is 172. The SMILES string of the molecule is CC1=CCCC(C)C=C1C. The highest BCUT2D eigenvalue weighted by Gasteiger charge is 2.03. The molecule has 0 radical (unpaired) electrons. The topological polar surface area (TPSA) is 0 Å². The molecule has 0 saturated heterocycles. The van der Waals surface area contributed by atoms with Crippen LogP contribution in [0.2, 0.25) is 0 Å². The number of hydrogen-bond donors (Lipinski definition) is 0. The highest BCUT2D eigenvalue weighted by molar-refractivity contribution is 5.28. The highest BCUT2D eigenvalue weighted by atomic mass is 14.1. The summed E-state index contributed by atoms with van der Waals surface area (Å²) in [6, 6.07) is 0. The summed E-state index contributed by atoms with van der Waals surface area (Å²) >= 11 is 0. The minimum atomic E-state index is 0.772. The van der Waals surface area contributed by atoms with Crippen molar-refractivity contribution >= 4 is 0 Å². The van der Waals surface area contributed by atoms with E-state index in [1.807, 2.05) is 0 Å². The zero-order valence-corrected chi connectivity index (χ0v) is 7.15. The molecule has 56 valence electrons. The summed E-state index contributed by atoms with van der Waals surface area (Å²) in [6.07, 6.45) is 7.28. The fraction of sp³-hybridized carbons (Fsp3) is 0.600. The molecular weight excluding hydrogens is 120 g/mol. The second-order valence-electron chi connectivity index (χ2n) is 3.29. The molecule has 0 spiro atoms.